The topological polar surface area (TPSA) is 58.2 Å². The molecule has 0 aliphatic carbocycles. The van der Waals surface area contributed by atoms with Crippen LogP contribution in [0.5, 0.6) is 0 Å². The summed E-state index contributed by atoms with van der Waals surface area (Å²) in [5.41, 5.74) is 1.10. The van der Waals surface area contributed by atoms with Crippen molar-refractivity contribution in [3.05, 3.63) is 29.8 Å². The summed E-state index contributed by atoms with van der Waals surface area (Å²) in [6.07, 6.45) is 0.842. The van der Waals surface area contributed by atoms with E-state index in [1.54, 1.807) is 24.3 Å². The van der Waals surface area contributed by atoms with E-state index in [-0.39, 0.29) is 17.7 Å². The number of amides is 2. The summed E-state index contributed by atoms with van der Waals surface area (Å²) < 4.78 is 0. The molecule has 1 unspecified atom stereocenters. The molecule has 0 bridgehead atoms. The van der Waals surface area contributed by atoms with Crippen LogP contribution in [0.2, 0.25) is 0 Å². The van der Waals surface area contributed by atoms with Crippen molar-refractivity contribution in [3.8, 4) is 0 Å². The molecule has 0 saturated heterocycles. The van der Waals surface area contributed by atoms with E-state index in [4.69, 9.17) is 0 Å². The van der Waals surface area contributed by atoms with Crippen LogP contribution in [0.3, 0.4) is 0 Å². The van der Waals surface area contributed by atoms with E-state index in [1.165, 1.54) is 0 Å². The molecule has 4 heteroatoms. The summed E-state index contributed by atoms with van der Waals surface area (Å²) in [7, 11) is 0. The van der Waals surface area contributed by atoms with E-state index < -0.39 is 6.04 Å². The first-order chi connectivity index (χ1) is 8.13. The number of hydrogen-bond donors (Lipinski definition) is 2. The van der Waals surface area contributed by atoms with Gasteiger partial charge in [0.25, 0.3) is 5.91 Å². The number of para-hydroxylation sites is 1. The molecule has 0 aromatic heterocycles. The standard InChI is InChI=1S/C13H16N2O2/c1-3-8(2)11-13(17)14-10-7-5-4-6-9(10)12(16)15-11/h4-8,11H,3H2,1-2H3,(H,14,17)(H,15,16)/t8?,11-/m0/s1. The number of rotatable bonds is 2. The maximum Gasteiger partial charge on any atom is 0.254 e. The highest BCUT2D eigenvalue weighted by Gasteiger charge is 2.30. The molecule has 17 heavy (non-hydrogen) atoms. The van der Waals surface area contributed by atoms with Gasteiger partial charge in [-0.15, -0.1) is 0 Å². The molecule has 1 aliphatic rings. The SMILES string of the molecule is CCC(C)[C@@H]1NC(=O)c2ccccc2NC1=O. The van der Waals surface area contributed by atoms with Crippen molar-refractivity contribution < 1.29 is 9.59 Å². The molecule has 1 aliphatic heterocycles. The zero-order valence-corrected chi connectivity index (χ0v) is 9.99. The number of carbonyl (C=O) groups excluding carboxylic acids is 2. The third-order valence-corrected chi connectivity index (χ3v) is 3.21. The average molecular weight is 232 g/mol. The minimum Gasteiger partial charge on any atom is -0.340 e. The fourth-order valence-corrected chi connectivity index (χ4v) is 1.92. The van der Waals surface area contributed by atoms with Gasteiger partial charge in [-0.25, -0.2) is 0 Å². The smallest absolute Gasteiger partial charge is 0.254 e. The van der Waals surface area contributed by atoms with Gasteiger partial charge < -0.3 is 10.6 Å². The summed E-state index contributed by atoms with van der Waals surface area (Å²) in [5, 5.41) is 5.58. The molecule has 1 aromatic rings. The van der Waals surface area contributed by atoms with Gasteiger partial charge >= 0.3 is 0 Å². The zero-order valence-electron chi connectivity index (χ0n) is 9.99. The third kappa shape index (κ3) is 2.16. The predicted molar refractivity (Wildman–Crippen MR) is 65.8 cm³/mol. The maximum absolute atomic E-state index is 12.0. The van der Waals surface area contributed by atoms with Crippen LogP contribution in [0.25, 0.3) is 0 Å². The first-order valence-electron chi connectivity index (χ1n) is 5.84. The first-order valence-corrected chi connectivity index (χ1v) is 5.84. The van der Waals surface area contributed by atoms with Crippen LogP contribution in [-0.4, -0.2) is 17.9 Å². The van der Waals surface area contributed by atoms with Crippen molar-refractivity contribution in [2.45, 2.75) is 26.3 Å². The normalized spacial score (nSPS) is 20.9. The highest BCUT2D eigenvalue weighted by atomic mass is 16.2. The fraction of sp³-hybridized carbons (Fsp3) is 0.385. The van der Waals surface area contributed by atoms with E-state index >= 15 is 0 Å². The number of hydrogen-bond acceptors (Lipinski definition) is 2. The van der Waals surface area contributed by atoms with Gasteiger partial charge in [0.2, 0.25) is 5.91 Å². The van der Waals surface area contributed by atoms with Gasteiger partial charge in [0, 0.05) is 0 Å². The van der Waals surface area contributed by atoms with Crippen LogP contribution < -0.4 is 10.6 Å². The average Bonchev–Trinajstić information content (AvgIpc) is 2.46. The van der Waals surface area contributed by atoms with Gasteiger partial charge in [-0.2, -0.15) is 0 Å². The van der Waals surface area contributed by atoms with Crippen LogP contribution in [0, 0.1) is 5.92 Å². The lowest BCUT2D eigenvalue weighted by atomic mass is 9.98. The van der Waals surface area contributed by atoms with E-state index in [0.717, 1.165) is 6.42 Å². The van der Waals surface area contributed by atoms with Crippen LogP contribution in [0.1, 0.15) is 30.6 Å². The van der Waals surface area contributed by atoms with Gasteiger partial charge in [-0.05, 0) is 18.1 Å². The monoisotopic (exact) mass is 232 g/mol. The van der Waals surface area contributed by atoms with Crippen molar-refractivity contribution in [1.29, 1.82) is 0 Å². The third-order valence-electron chi connectivity index (χ3n) is 3.21. The highest BCUT2D eigenvalue weighted by molar-refractivity contribution is 6.09. The van der Waals surface area contributed by atoms with E-state index in [9.17, 15) is 9.59 Å². The Bertz CT molecular complexity index is 456. The second-order valence-corrected chi connectivity index (χ2v) is 4.37. The molecule has 2 amide bonds. The molecule has 1 heterocycles. The minimum absolute atomic E-state index is 0.119. The zero-order chi connectivity index (χ0) is 12.4. The van der Waals surface area contributed by atoms with Crippen molar-refractivity contribution in [1.82, 2.24) is 5.32 Å². The lowest BCUT2D eigenvalue weighted by molar-refractivity contribution is -0.119. The molecule has 1 aromatic carbocycles. The quantitative estimate of drug-likeness (QED) is 0.816. The van der Waals surface area contributed by atoms with Crippen molar-refractivity contribution in [3.63, 3.8) is 0 Å². The molecule has 0 fully saturated rings. The Morgan fingerprint density at radius 1 is 1.29 bits per heavy atom. The van der Waals surface area contributed by atoms with E-state index in [0.29, 0.717) is 11.3 Å². The van der Waals surface area contributed by atoms with E-state index in [2.05, 4.69) is 10.6 Å². The Morgan fingerprint density at radius 2 is 2.00 bits per heavy atom. The first kappa shape index (κ1) is 11.6. The fourth-order valence-electron chi connectivity index (χ4n) is 1.92. The number of benzene rings is 1. The Labute approximate surface area is 100 Å². The Balaban J connectivity index is 2.35. The molecule has 90 valence electrons. The maximum atomic E-state index is 12.0. The van der Waals surface area contributed by atoms with Gasteiger partial charge in [-0.3, -0.25) is 9.59 Å². The van der Waals surface area contributed by atoms with Crippen LogP contribution in [-0.2, 0) is 4.79 Å². The number of anilines is 1. The molecule has 2 rings (SSSR count). The largest absolute Gasteiger partial charge is 0.340 e. The Hall–Kier alpha value is -1.84. The van der Waals surface area contributed by atoms with Crippen LogP contribution in [0.4, 0.5) is 5.69 Å². The molecule has 0 radical (unpaired) electrons. The van der Waals surface area contributed by atoms with Gasteiger partial charge in [0.1, 0.15) is 6.04 Å². The summed E-state index contributed by atoms with van der Waals surface area (Å²) in [5.74, 6) is -0.213. The van der Waals surface area contributed by atoms with Crippen LogP contribution in [0.15, 0.2) is 24.3 Å². The Kier molecular flexibility index (Phi) is 3.13. The van der Waals surface area contributed by atoms with Crippen molar-refractivity contribution in [2.24, 2.45) is 5.92 Å². The highest BCUT2D eigenvalue weighted by Crippen LogP contribution is 2.20. The molecular formula is C13H16N2O2. The summed E-state index contributed by atoms with van der Waals surface area (Å²) in [6, 6.07) is 6.58. The lowest BCUT2D eigenvalue weighted by Crippen LogP contribution is -2.45. The van der Waals surface area contributed by atoms with Crippen molar-refractivity contribution in [2.75, 3.05) is 5.32 Å². The number of nitrogens with one attached hydrogen (secondary N) is 2. The summed E-state index contributed by atoms with van der Waals surface area (Å²) in [6.45, 7) is 3.96. The molecular weight excluding hydrogens is 216 g/mol. The van der Waals surface area contributed by atoms with E-state index in [1.807, 2.05) is 13.8 Å². The summed E-state index contributed by atoms with van der Waals surface area (Å²) >= 11 is 0. The van der Waals surface area contributed by atoms with Crippen LogP contribution >= 0.6 is 0 Å². The molecule has 2 atom stereocenters. The molecule has 2 N–H and O–H groups in total. The minimum atomic E-state index is -0.458. The summed E-state index contributed by atoms with van der Waals surface area (Å²) in [4.78, 5) is 24.0. The van der Waals surface area contributed by atoms with Gasteiger partial charge in [0.15, 0.2) is 0 Å². The van der Waals surface area contributed by atoms with Gasteiger partial charge in [0.05, 0.1) is 11.3 Å². The molecule has 0 saturated carbocycles. The molecule has 4 nitrogen and oxygen atoms in total. The predicted octanol–water partition coefficient (Wildman–Crippen LogP) is 1.78. The second-order valence-electron chi connectivity index (χ2n) is 4.37. The molecule has 0 spiro atoms. The Morgan fingerprint density at radius 3 is 2.71 bits per heavy atom. The van der Waals surface area contributed by atoms with Gasteiger partial charge in [-0.1, -0.05) is 32.4 Å². The second kappa shape index (κ2) is 4.57. The number of fused-ring (bicyclic) bond motifs is 1. The lowest BCUT2D eigenvalue weighted by Gasteiger charge is -2.20. The number of carbonyl (C=O) groups is 2. The van der Waals surface area contributed by atoms with Crippen molar-refractivity contribution >= 4 is 17.5 Å².